The average molecular weight is 218 g/mol. The predicted molar refractivity (Wildman–Crippen MR) is 63.7 cm³/mol. The molecule has 3 nitrogen and oxygen atoms in total. The first-order valence-corrected chi connectivity index (χ1v) is 6.02. The second-order valence-corrected chi connectivity index (χ2v) is 5.19. The Balaban J connectivity index is 1.68. The van der Waals surface area contributed by atoms with Crippen LogP contribution in [0.15, 0.2) is 18.5 Å². The molecule has 0 amide bonds. The van der Waals surface area contributed by atoms with Crippen LogP contribution in [0.1, 0.15) is 18.4 Å². The molecule has 0 N–H and O–H groups in total. The van der Waals surface area contributed by atoms with Gasteiger partial charge >= 0.3 is 0 Å². The van der Waals surface area contributed by atoms with Crippen LogP contribution in [0.4, 0.5) is 5.69 Å². The first-order chi connectivity index (χ1) is 7.77. The fraction of sp³-hybridized carbons (Fsp3) is 0.615. The number of nitrogens with zero attached hydrogens (tertiary/aromatic N) is 2. The first-order valence-electron chi connectivity index (χ1n) is 6.02. The van der Waals surface area contributed by atoms with Crippen molar-refractivity contribution in [2.24, 2.45) is 5.41 Å². The molecular weight excluding hydrogens is 200 g/mol. The van der Waals surface area contributed by atoms with E-state index in [0.717, 1.165) is 13.2 Å². The maximum absolute atomic E-state index is 5.43. The van der Waals surface area contributed by atoms with Crippen LogP contribution in [0.5, 0.6) is 0 Å². The Morgan fingerprint density at radius 1 is 1.25 bits per heavy atom. The number of rotatable bonds is 1. The highest BCUT2D eigenvalue weighted by molar-refractivity contribution is 5.49. The van der Waals surface area contributed by atoms with E-state index in [4.69, 9.17) is 4.74 Å². The fourth-order valence-corrected chi connectivity index (χ4v) is 2.78. The molecule has 0 aliphatic carbocycles. The molecule has 86 valence electrons. The van der Waals surface area contributed by atoms with Gasteiger partial charge in [0.15, 0.2) is 0 Å². The molecule has 0 bridgehead atoms. The topological polar surface area (TPSA) is 25.4 Å². The molecule has 1 aromatic rings. The van der Waals surface area contributed by atoms with E-state index in [1.807, 2.05) is 12.4 Å². The zero-order chi connectivity index (χ0) is 11.0. The lowest BCUT2D eigenvalue weighted by Crippen LogP contribution is -2.58. The van der Waals surface area contributed by atoms with Gasteiger partial charge in [0, 0.05) is 37.9 Å². The van der Waals surface area contributed by atoms with Crippen LogP contribution in [0, 0.1) is 12.3 Å². The summed E-state index contributed by atoms with van der Waals surface area (Å²) in [5.74, 6) is 0. The molecule has 2 aliphatic rings. The third-order valence-electron chi connectivity index (χ3n) is 3.83. The molecule has 2 aliphatic heterocycles. The van der Waals surface area contributed by atoms with Crippen molar-refractivity contribution < 1.29 is 4.74 Å². The maximum atomic E-state index is 5.43. The Morgan fingerprint density at radius 3 is 2.69 bits per heavy atom. The summed E-state index contributed by atoms with van der Waals surface area (Å²) in [7, 11) is 0. The lowest BCUT2D eigenvalue weighted by atomic mass is 9.73. The van der Waals surface area contributed by atoms with Crippen molar-refractivity contribution in [3.8, 4) is 0 Å². The van der Waals surface area contributed by atoms with Gasteiger partial charge in [0.2, 0.25) is 0 Å². The van der Waals surface area contributed by atoms with E-state index in [1.165, 1.54) is 37.2 Å². The van der Waals surface area contributed by atoms with E-state index in [2.05, 4.69) is 22.9 Å². The average Bonchev–Trinajstić information content (AvgIpc) is 2.27. The molecule has 0 aromatic carbocycles. The zero-order valence-corrected chi connectivity index (χ0v) is 9.78. The summed E-state index contributed by atoms with van der Waals surface area (Å²) in [6.45, 7) is 6.35. The van der Waals surface area contributed by atoms with Gasteiger partial charge in [0.25, 0.3) is 0 Å². The molecule has 0 atom stereocenters. The Morgan fingerprint density at radius 2 is 2.00 bits per heavy atom. The number of aryl methyl sites for hydroxylation is 1. The summed E-state index contributed by atoms with van der Waals surface area (Å²) < 4.78 is 5.43. The maximum Gasteiger partial charge on any atom is 0.0555 e. The molecule has 0 unspecified atom stereocenters. The monoisotopic (exact) mass is 218 g/mol. The van der Waals surface area contributed by atoms with E-state index in [1.54, 1.807) is 0 Å². The van der Waals surface area contributed by atoms with Crippen LogP contribution in [-0.2, 0) is 4.74 Å². The van der Waals surface area contributed by atoms with Crippen molar-refractivity contribution >= 4 is 5.69 Å². The van der Waals surface area contributed by atoms with Crippen LogP contribution in [0.3, 0.4) is 0 Å². The number of hydrogen-bond acceptors (Lipinski definition) is 3. The van der Waals surface area contributed by atoms with Crippen LogP contribution in [-0.4, -0.2) is 31.3 Å². The Hall–Kier alpha value is -1.09. The summed E-state index contributed by atoms with van der Waals surface area (Å²) in [6, 6.07) is 2.22. The van der Waals surface area contributed by atoms with E-state index in [-0.39, 0.29) is 0 Å². The summed E-state index contributed by atoms with van der Waals surface area (Å²) in [5.41, 5.74) is 3.06. The van der Waals surface area contributed by atoms with E-state index in [9.17, 15) is 0 Å². The van der Waals surface area contributed by atoms with Crippen LogP contribution >= 0.6 is 0 Å². The van der Waals surface area contributed by atoms with Crippen molar-refractivity contribution in [2.45, 2.75) is 19.8 Å². The fourth-order valence-electron chi connectivity index (χ4n) is 2.78. The van der Waals surface area contributed by atoms with Gasteiger partial charge in [0.1, 0.15) is 0 Å². The lowest BCUT2D eigenvalue weighted by Gasteiger charge is -2.53. The number of pyridine rings is 1. The van der Waals surface area contributed by atoms with Crippen molar-refractivity contribution in [3.63, 3.8) is 0 Å². The van der Waals surface area contributed by atoms with Gasteiger partial charge in [0.05, 0.1) is 11.9 Å². The second kappa shape index (κ2) is 3.74. The number of ether oxygens (including phenoxy) is 1. The minimum absolute atomic E-state index is 0.544. The molecule has 3 heteroatoms. The lowest BCUT2D eigenvalue weighted by molar-refractivity contribution is -0.000213. The predicted octanol–water partition coefficient (Wildman–Crippen LogP) is 2.01. The molecule has 2 fully saturated rings. The number of anilines is 1. The number of aromatic nitrogens is 1. The SMILES string of the molecule is Cc1cncc(N2CC3(CCOCC3)C2)c1. The summed E-state index contributed by atoms with van der Waals surface area (Å²) in [4.78, 5) is 6.69. The standard InChI is InChI=1S/C13H18N2O/c1-11-6-12(8-14-7-11)15-9-13(10-15)2-4-16-5-3-13/h6-8H,2-5,9-10H2,1H3. The molecule has 16 heavy (non-hydrogen) atoms. The first kappa shape index (κ1) is 10.1. The van der Waals surface area contributed by atoms with Gasteiger partial charge in [-0.15, -0.1) is 0 Å². The van der Waals surface area contributed by atoms with Crippen molar-refractivity contribution in [1.29, 1.82) is 0 Å². The molecule has 2 saturated heterocycles. The van der Waals surface area contributed by atoms with Gasteiger partial charge in [-0.25, -0.2) is 0 Å². The Labute approximate surface area is 96.4 Å². The molecule has 1 spiro atoms. The number of hydrogen-bond donors (Lipinski definition) is 0. The van der Waals surface area contributed by atoms with E-state index in [0.29, 0.717) is 5.41 Å². The van der Waals surface area contributed by atoms with Crippen LogP contribution in [0.2, 0.25) is 0 Å². The van der Waals surface area contributed by atoms with Crippen molar-refractivity contribution in [3.05, 3.63) is 24.0 Å². The zero-order valence-electron chi connectivity index (χ0n) is 9.78. The van der Waals surface area contributed by atoms with Gasteiger partial charge in [-0.1, -0.05) is 0 Å². The third kappa shape index (κ3) is 1.69. The molecule has 1 aromatic heterocycles. The third-order valence-corrected chi connectivity index (χ3v) is 3.83. The minimum atomic E-state index is 0.544. The quantitative estimate of drug-likeness (QED) is 0.721. The Kier molecular flexibility index (Phi) is 2.36. The normalized spacial score (nSPS) is 23.2. The molecule has 0 radical (unpaired) electrons. The molecule has 3 rings (SSSR count). The Bertz CT molecular complexity index is 377. The summed E-state index contributed by atoms with van der Waals surface area (Å²) in [5, 5.41) is 0. The van der Waals surface area contributed by atoms with Gasteiger partial charge in [-0.2, -0.15) is 0 Å². The van der Waals surface area contributed by atoms with Gasteiger partial charge < -0.3 is 9.64 Å². The highest BCUT2D eigenvalue weighted by atomic mass is 16.5. The molecule has 3 heterocycles. The van der Waals surface area contributed by atoms with Crippen LogP contribution < -0.4 is 4.90 Å². The van der Waals surface area contributed by atoms with Crippen molar-refractivity contribution in [2.75, 3.05) is 31.2 Å². The highest BCUT2D eigenvalue weighted by Crippen LogP contribution is 2.41. The summed E-state index contributed by atoms with van der Waals surface area (Å²) in [6.07, 6.45) is 6.33. The van der Waals surface area contributed by atoms with E-state index >= 15 is 0 Å². The minimum Gasteiger partial charge on any atom is -0.381 e. The summed E-state index contributed by atoms with van der Waals surface area (Å²) >= 11 is 0. The van der Waals surface area contributed by atoms with E-state index < -0.39 is 0 Å². The molecule has 0 saturated carbocycles. The van der Waals surface area contributed by atoms with Crippen LogP contribution in [0.25, 0.3) is 0 Å². The molecular formula is C13H18N2O. The highest BCUT2D eigenvalue weighted by Gasteiger charge is 2.43. The van der Waals surface area contributed by atoms with Crippen molar-refractivity contribution in [1.82, 2.24) is 4.98 Å². The smallest absolute Gasteiger partial charge is 0.0555 e. The largest absolute Gasteiger partial charge is 0.381 e. The van der Waals surface area contributed by atoms with Gasteiger partial charge in [-0.3, -0.25) is 4.98 Å². The second-order valence-electron chi connectivity index (χ2n) is 5.19. The van der Waals surface area contributed by atoms with Gasteiger partial charge in [-0.05, 0) is 31.4 Å².